The molecule has 0 radical (unpaired) electrons. The third-order valence-electron chi connectivity index (χ3n) is 5.27. The number of carbonyl (C=O) groups excluding carboxylic acids is 1. The zero-order valence-corrected chi connectivity index (χ0v) is 12.4. The first-order valence-electron chi connectivity index (χ1n) is 8.10. The Kier molecular flexibility index (Phi) is 5.26. The van der Waals surface area contributed by atoms with Gasteiger partial charge in [0.25, 0.3) is 0 Å². The molecule has 0 aliphatic heterocycles. The number of hydrogen-bond donors (Lipinski definition) is 2. The number of rotatable bonds is 5. The second-order valence-corrected chi connectivity index (χ2v) is 7.03. The maximum Gasteiger partial charge on any atom is 0.220 e. The summed E-state index contributed by atoms with van der Waals surface area (Å²) in [6.07, 6.45) is 10.6. The van der Waals surface area contributed by atoms with Crippen molar-refractivity contribution >= 4 is 5.91 Å². The maximum atomic E-state index is 12.1. The van der Waals surface area contributed by atoms with E-state index in [1.54, 1.807) is 0 Å². The average molecular weight is 266 g/mol. The molecule has 0 spiro atoms. The van der Waals surface area contributed by atoms with Crippen molar-refractivity contribution in [3.63, 3.8) is 0 Å². The lowest BCUT2D eigenvalue weighted by Crippen LogP contribution is -2.39. The van der Waals surface area contributed by atoms with E-state index in [0.717, 1.165) is 25.3 Å². The van der Waals surface area contributed by atoms with Crippen LogP contribution in [0.4, 0.5) is 0 Å². The molecule has 1 amide bonds. The van der Waals surface area contributed by atoms with Crippen molar-refractivity contribution < 1.29 is 4.79 Å². The van der Waals surface area contributed by atoms with Crippen molar-refractivity contribution in [3.8, 4) is 0 Å². The van der Waals surface area contributed by atoms with Gasteiger partial charge >= 0.3 is 0 Å². The Bertz CT molecular complexity index is 297. The molecule has 0 aromatic carbocycles. The number of nitrogens with two attached hydrogens (primary N) is 1. The molecule has 3 heteroatoms. The van der Waals surface area contributed by atoms with E-state index in [2.05, 4.69) is 12.2 Å². The van der Waals surface area contributed by atoms with Gasteiger partial charge in [0.1, 0.15) is 0 Å². The second kappa shape index (κ2) is 6.74. The molecule has 3 nitrogen and oxygen atoms in total. The van der Waals surface area contributed by atoms with Crippen LogP contribution in [-0.4, -0.2) is 19.0 Å². The van der Waals surface area contributed by atoms with Gasteiger partial charge in [-0.1, -0.05) is 32.6 Å². The lowest BCUT2D eigenvalue weighted by molar-refractivity contribution is -0.124. The standard InChI is InChI=1S/C16H30N2O/c1-13-5-6-14(9-13)11-18-15(19)10-16(12-17)7-3-2-4-8-16/h13-14H,2-12,17H2,1H3,(H,18,19). The van der Waals surface area contributed by atoms with Crippen LogP contribution in [0.5, 0.6) is 0 Å². The summed E-state index contributed by atoms with van der Waals surface area (Å²) in [6.45, 7) is 3.86. The lowest BCUT2D eigenvalue weighted by atomic mass is 9.71. The summed E-state index contributed by atoms with van der Waals surface area (Å²) in [5.74, 6) is 1.78. The minimum Gasteiger partial charge on any atom is -0.356 e. The summed E-state index contributed by atoms with van der Waals surface area (Å²) in [5, 5.41) is 3.16. The van der Waals surface area contributed by atoms with E-state index >= 15 is 0 Å². The minimum atomic E-state index is 0.102. The fourth-order valence-corrected chi connectivity index (χ4v) is 3.93. The van der Waals surface area contributed by atoms with Crippen LogP contribution in [0.2, 0.25) is 0 Å². The van der Waals surface area contributed by atoms with E-state index in [9.17, 15) is 4.79 Å². The molecule has 0 aromatic heterocycles. The predicted molar refractivity (Wildman–Crippen MR) is 78.7 cm³/mol. The van der Waals surface area contributed by atoms with Gasteiger partial charge in [0.15, 0.2) is 0 Å². The van der Waals surface area contributed by atoms with Gasteiger partial charge in [0, 0.05) is 13.0 Å². The molecule has 0 heterocycles. The normalized spacial score (nSPS) is 30.2. The SMILES string of the molecule is CC1CCC(CNC(=O)CC2(CN)CCCCC2)C1. The first-order chi connectivity index (χ1) is 9.13. The van der Waals surface area contributed by atoms with Crippen molar-refractivity contribution in [2.45, 2.75) is 64.7 Å². The van der Waals surface area contributed by atoms with E-state index < -0.39 is 0 Å². The monoisotopic (exact) mass is 266 g/mol. The van der Waals surface area contributed by atoms with Gasteiger partial charge in [-0.3, -0.25) is 4.79 Å². The van der Waals surface area contributed by atoms with Crippen molar-refractivity contribution in [2.24, 2.45) is 23.0 Å². The van der Waals surface area contributed by atoms with Crippen molar-refractivity contribution in [1.29, 1.82) is 0 Å². The Morgan fingerprint density at radius 3 is 2.58 bits per heavy atom. The van der Waals surface area contributed by atoms with E-state index in [4.69, 9.17) is 5.73 Å². The molecule has 2 fully saturated rings. The van der Waals surface area contributed by atoms with Crippen LogP contribution in [0, 0.1) is 17.3 Å². The largest absolute Gasteiger partial charge is 0.356 e. The van der Waals surface area contributed by atoms with Crippen LogP contribution >= 0.6 is 0 Å². The van der Waals surface area contributed by atoms with Gasteiger partial charge in [-0.25, -0.2) is 0 Å². The van der Waals surface area contributed by atoms with E-state index in [-0.39, 0.29) is 11.3 Å². The van der Waals surface area contributed by atoms with Crippen molar-refractivity contribution in [2.75, 3.05) is 13.1 Å². The molecule has 2 aliphatic carbocycles. The highest BCUT2D eigenvalue weighted by atomic mass is 16.1. The lowest BCUT2D eigenvalue weighted by Gasteiger charge is -2.35. The van der Waals surface area contributed by atoms with Gasteiger partial charge in [0.05, 0.1) is 0 Å². The fraction of sp³-hybridized carbons (Fsp3) is 0.938. The third kappa shape index (κ3) is 4.20. The number of nitrogens with one attached hydrogen (secondary N) is 1. The Balaban J connectivity index is 1.73. The van der Waals surface area contributed by atoms with Crippen molar-refractivity contribution in [3.05, 3.63) is 0 Å². The topological polar surface area (TPSA) is 55.1 Å². The highest BCUT2D eigenvalue weighted by molar-refractivity contribution is 5.76. The first-order valence-corrected chi connectivity index (χ1v) is 8.10. The molecule has 2 aliphatic rings. The summed E-state index contributed by atoms with van der Waals surface area (Å²) >= 11 is 0. The van der Waals surface area contributed by atoms with E-state index in [1.807, 2.05) is 0 Å². The zero-order valence-electron chi connectivity index (χ0n) is 12.4. The quantitative estimate of drug-likeness (QED) is 0.804. The molecule has 19 heavy (non-hydrogen) atoms. The average Bonchev–Trinajstić information content (AvgIpc) is 2.83. The molecular formula is C16H30N2O. The van der Waals surface area contributed by atoms with Crippen LogP contribution in [0.15, 0.2) is 0 Å². The van der Waals surface area contributed by atoms with Crippen LogP contribution < -0.4 is 11.1 Å². The molecule has 0 saturated heterocycles. The van der Waals surface area contributed by atoms with E-state index in [0.29, 0.717) is 18.9 Å². The Morgan fingerprint density at radius 2 is 2.00 bits per heavy atom. The molecule has 0 aromatic rings. The molecule has 2 atom stereocenters. The zero-order chi connectivity index (χ0) is 13.7. The molecule has 2 saturated carbocycles. The van der Waals surface area contributed by atoms with Crippen LogP contribution in [0.3, 0.4) is 0 Å². The number of carbonyl (C=O) groups is 1. The van der Waals surface area contributed by atoms with Gasteiger partial charge in [-0.05, 0) is 49.5 Å². The number of hydrogen-bond acceptors (Lipinski definition) is 2. The molecule has 3 N–H and O–H groups in total. The Hall–Kier alpha value is -0.570. The minimum absolute atomic E-state index is 0.102. The number of amides is 1. The summed E-state index contributed by atoms with van der Waals surface area (Å²) in [4.78, 5) is 12.1. The van der Waals surface area contributed by atoms with Crippen LogP contribution in [0.25, 0.3) is 0 Å². The molecule has 2 unspecified atom stereocenters. The Labute approximate surface area is 117 Å². The van der Waals surface area contributed by atoms with Crippen LogP contribution in [-0.2, 0) is 4.79 Å². The first kappa shape index (κ1) is 14.8. The third-order valence-corrected chi connectivity index (χ3v) is 5.27. The second-order valence-electron chi connectivity index (χ2n) is 7.03. The highest BCUT2D eigenvalue weighted by Gasteiger charge is 2.33. The van der Waals surface area contributed by atoms with Crippen LogP contribution in [0.1, 0.15) is 64.7 Å². The van der Waals surface area contributed by atoms with Gasteiger partial charge in [-0.15, -0.1) is 0 Å². The molecule has 0 bridgehead atoms. The Morgan fingerprint density at radius 1 is 1.26 bits per heavy atom. The molecular weight excluding hydrogens is 236 g/mol. The summed E-state index contributed by atoms with van der Waals surface area (Å²) in [7, 11) is 0. The molecule has 2 rings (SSSR count). The maximum absolute atomic E-state index is 12.1. The smallest absolute Gasteiger partial charge is 0.220 e. The predicted octanol–water partition coefficient (Wildman–Crippen LogP) is 2.84. The summed E-state index contributed by atoms with van der Waals surface area (Å²) in [6, 6.07) is 0. The highest BCUT2D eigenvalue weighted by Crippen LogP contribution is 2.38. The van der Waals surface area contributed by atoms with Crippen molar-refractivity contribution in [1.82, 2.24) is 5.32 Å². The fourth-order valence-electron chi connectivity index (χ4n) is 3.93. The molecule has 110 valence electrons. The summed E-state index contributed by atoms with van der Waals surface area (Å²) in [5.41, 5.74) is 6.05. The summed E-state index contributed by atoms with van der Waals surface area (Å²) < 4.78 is 0. The van der Waals surface area contributed by atoms with E-state index in [1.165, 1.54) is 38.5 Å². The van der Waals surface area contributed by atoms with Gasteiger partial charge < -0.3 is 11.1 Å². The van der Waals surface area contributed by atoms with Gasteiger partial charge in [0.2, 0.25) is 5.91 Å². The van der Waals surface area contributed by atoms with Gasteiger partial charge in [-0.2, -0.15) is 0 Å².